The van der Waals surface area contributed by atoms with E-state index in [1.807, 2.05) is 29.2 Å². The Morgan fingerprint density at radius 3 is 2.74 bits per heavy atom. The van der Waals surface area contributed by atoms with Gasteiger partial charge in [-0.25, -0.2) is 0 Å². The smallest absolute Gasteiger partial charge is 0.294 e. The minimum atomic E-state index is -0.252. The van der Waals surface area contributed by atoms with E-state index in [-0.39, 0.29) is 11.1 Å². The largest absolute Gasteiger partial charge is 0.496 e. The van der Waals surface area contributed by atoms with Crippen LogP contribution in [0.4, 0.5) is 4.79 Å². The molecule has 0 aliphatic carbocycles. The third-order valence-electron chi connectivity index (χ3n) is 3.74. The molecule has 0 spiro atoms. The number of thioether (sulfide) groups is 1. The monoisotopic (exact) mass is 334 g/mol. The molecule has 2 aliphatic heterocycles. The number of benzene rings is 1. The minimum absolute atomic E-state index is 0.234. The van der Waals surface area contributed by atoms with Gasteiger partial charge in [-0.2, -0.15) is 0 Å². The van der Waals surface area contributed by atoms with Crippen LogP contribution >= 0.6 is 11.8 Å². The predicted molar refractivity (Wildman–Crippen MR) is 88.1 cm³/mol. The van der Waals surface area contributed by atoms with Crippen molar-refractivity contribution in [2.24, 2.45) is 0 Å². The number of carbonyl (C=O) groups is 2. The van der Waals surface area contributed by atoms with Crippen molar-refractivity contribution in [1.82, 2.24) is 9.80 Å². The Labute approximate surface area is 139 Å². The van der Waals surface area contributed by atoms with Crippen molar-refractivity contribution in [2.75, 3.05) is 40.1 Å². The SMILES string of the molecule is COc1ccccc1/C=C1/SC(=O)N(CN2CCOCC2)C1=O. The first-order valence-corrected chi connectivity index (χ1v) is 8.19. The fourth-order valence-electron chi connectivity index (χ4n) is 2.49. The standard InChI is InChI=1S/C16H18N2O4S/c1-21-13-5-3-2-4-12(13)10-14-15(19)18(16(20)23-14)11-17-6-8-22-9-7-17/h2-5,10H,6-9,11H2,1H3/b14-10+. The summed E-state index contributed by atoms with van der Waals surface area (Å²) in [5, 5.41) is -0.234. The van der Waals surface area contributed by atoms with Gasteiger partial charge in [-0.05, 0) is 23.9 Å². The van der Waals surface area contributed by atoms with Gasteiger partial charge in [0.15, 0.2) is 0 Å². The van der Waals surface area contributed by atoms with Crippen molar-refractivity contribution in [3.05, 3.63) is 34.7 Å². The molecule has 0 radical (unpaired) electrons. The quantitative estimate of drug-likeness (QED) is 0.785. The van der Waals surface area contributed by atoms with Crippen LogP contribution in [-0.2, 0) is 9.53 Å². The number of nitrogens with zero attached hydrogens (tertiary/aromatic N) is 2. The highest BCUT2D eigenvalue weighted by atomic mass is 32.2. The number of para-hydroxylation sites is 1. The van der Waals surface area contributed by atoms with Crippen molar-refractivity contribution in [1.29, 1.82) is 0 Å². The van der Waals surface area contributed by atoms with Crippen LogP contribution in [0.25, 0.3) is 6.08 Å². The molecular weight excluding hydrogens is 316 g/mol. The van der Waals surface area contributed by atoms with Crippen molar-refractivity contribution in [3.8, 4) is 5.75 Å². The maximum absolute atomic E-state index is 12.5. The third kappa shape index (κ3) is 3.57. The summed E-state index contributed by atoms with van der Waals surface area (Å²) in [6.45, 7) is 3.04. The van der Waals surface area contributed by atoms with Gasteiger partial charge >= 0.3 is 0 Å². The molecule has 2 fully saturated rings. The van der Waals surface area contributed by atoms with E-state index in [0.29, 0.717) is 30.5 Å². The molecule has 0 N–H and O–H groups in total. The Morgan fingerprint density at radius 1 is 1.26 bits per heavy atom. The van der Waals surface area contributed by atoms with Gasteiger partial charge in [0, 0.05) is 18.7 Å². The molecule has 2 amide bonds. The molecule has 6 nitrogen and oxygen atoms in total. The molecule has 2 aliphatic rings. The van der Waals surface area contributed by atoms with Crippen molar-refractivity contribution in [2.45, 2.75) is 0 Å². The van der Waals surface area contributed by atoms with Crippen molar-refractivity contribution >= 4 is 29.0 Å². The number of ether oxygens (including phenoxy) is 2. The second kappa shape index (κ2) is 7.16. The maximum atomic E-state index is 12.5. The lowest BCUT2D eigenvalue weighted by Crippen LogP contribution is -2.45. The van der Waals surface area contributed by atoms with Crippen LogP contribution in [0.5, 0.6) is 5.75 Å². The van der Waals surface area contributed by atoms with Crippen LogP contribution in [0, 0.1) is 0 Å². The summed E-state index contributed by atoms with van der Waals surface area (Å²) in [4.78, 5) is 28.4. The Morgan fingerprint density at radius 2 is 2.00 bits per heavy atom. The number of amides is 2. The highest BCUT2D eigenvalue weighted by Crippen LogP contribution is 2.34. The van der Waals surface area contributed by atoms with E-state index in [4.69, 9.17) is 9.47 Å². The molecule has 23 heavy (non-hydrogen) atoms. The summed E-state index contributed by atoms with van der Waals surface area (Å²) in [7, 11) is 1.58. The molecule has 0 aromatic heterocycles. The third-order valence-corrected chi connectivity index (χ3v) is 4.65. The van der Waals surface area contributed by atoms with Gasteiger partial charge in [0.2, 0.25) is 0 Å². The predicted octanol–water partition coefficient (Wildman–Crippen LogP) is 2.02. The van der Waals surface area contributed by atoms with Gasteiger partial charge in [-0.3, -0.25) is 19.4 Å². The van der Waals surface area contributed by atoms with Crippen LogP contribution < -0.4 is 4.74 Å². The molecule has 0 bridgehead atoms. The van der Waals surface area contributed by atoms with Crippen LogP contribution in [0.2, 0.25) is 0 Å². The molecule has 1 aromatic carbocycles. The molecule has 2 heterocycles. The summed E-state index contributed by atoms with van der Waals surface area (Å²) < 4.78 is 10.6. The van der Waals surface area contributed by atoms with Crippen LogP contribution in [0.1, 0.15) is 5.56 Å². The number of hydrogen-bond acceptors (Lipinski definition) is 6. The first-order valence-electron chi connectivity index (χ1n) is 7.37. The van der Waals surface area contributed by atoms with E-state index < -0.39 is 0 Å². The average Bonchev–Trinajstić information content (AvgIpc) is 2.84. The zero-order chi connectivity index (χ0) is 16.2. The molecular formula is C16H18N2O4S. The van der Waals surface area contributed by atoms with E-state index in [1.54, 1.807) is 13.2 Å². The number of hydrogen-bond donors (Lipinski definition) is 0. The van der Waals surface area contributed by atoms with Gasteiger partial charge in [0.05, 0.1) is 31.9 Å². The van der Waals surface area contributed by atoms with Gasteiger partial charge in [0.25, 0.3) is 11.1 Å². The minimum Gasteiger partial charge on any atom is -0.496 e. The second-order valence-electron chi connectivity index (χ2n) is 5.22. The summed E-state index contributed by atoms with van der Waals surface area (Å²) >= 11 is 0.969. The Kier molecular flexibility index (Phi) is 5.00. The molecule has 0 atom stereocenters. The Bertz CT molecular complexity index is 641. The number of morpholine rings is 1. The number of imide groups is 1. The zero-order valence-corrected chi connectivity index (χ0v) is 13.7. The fraction of sp³-hybridized carbons (Fsp3) is 0.375. The van der Waals surface area contributed by atoms with Gasteiger partial charge in [-0.1, -0.05) is 18.2 Å². The Balaban J connectivity index is 1.76. The normalized spacial score (nSPS) is 21.3. The van der Waals surface area contributed by atoms with Crippen LogP contribution in [-0.4, -0.2) is 61.0 Å². The number of rotatable bonds is 4. The maximum Gasteiger partial charge on any atom is 0.294 e. The molecule has 0 saturated carbocycles. The lowest BCUT2D eigenvalue weighted by molar-refractivity contribution is -0.125. The van der Waals surface area contributed by atoms with Gasteiger partial charge in [0.1, 0.15) is 5.75 Å². The lowest BCUT2D eigenvalue weighted by atomic mass is 10.2. The summed E-state index contributed by atoms with van der Waals surface area (Å²) in [5.74, 6) is 0.421. The Hall–Kier alpha value is -1.83. The van der Waals surface area contributed by atoms with Crippen molar-refractivity contribution < 1.29 is 19.1 Å². The lowest BCUT2D eigenvalue weighted by Gasteiger charge is -2.29. The first kappa shape index (κ1) is 16.0. The molecule has 7 heteroatoms. The van der Waals surface area contributed by atoms with E-state index in [1.165, 1.54) is 4.90 Å². The van der Waals surface area contributed by atoms with E-state index in [0.717, 1.165) is 30.4 Å². The fourth-order valence-corrected chi connectivity index (χ4v) is 3.31. The van der Waals surface area contributed by atoms with E-state index in [9.17, 15) is 9.59 Å². The van der Waals surface area contributed by atoms with Crippen LogP contribution in [0.3, 0.4) is 0 Å². The highest BCUT2D eigenvalue weighted by Gasteiger charge is 2.36. The first-order chi connectivity index (χ1) is 11.2. The average molecular weight is 334 g/mol. The topological polar surface area (TPSA) is 59.1 Å². The van der Waals surface area contributed by atoms with Gasteiger partial charge in [-0.15, -0.1) is 0 Å². The zero-order valence-electron chi connectivity index (χ0n) is 12.9. The molecule has 122 valence electrons. The summed E-state index contributed by atoms with van der Waals surface area (Å²) in [6.07, 6.45) is 1.71. The summed E-state index contributed by atoms with van der Waals surface area (Å²) in [5.41, 5.74) is 0.784. The van der Waals surface area contributed by atoms with Crippen molar-refractivity contribution in [3.63, 3.8) is 0 Å². The van der Waals surface area contributed by atoms with E-state index >= 15 is 0 Å². The highest BCUT2D eigenvalue weighted by molar-refractivity contribution is 8.18. The molecule has 3 rings (SSSR count). The summed E-state index contributed by atoms with van der Waals surface area (Å²) in [6, 6.07) is 7.41. The van der Waals surface area contributed by atoms with Gasteiger partial charge < -0.3 is 9.47 Å². The second-order valence-corrected chi connectivity index (χ2v) is 6.22. The number of methoxy groups -OCH3 is 1. The molecule has 0 unspecified atom stereocenters. The van der Waals surface area contributed by atoms with E-state index in [2.05, 4.69) is 0 Å². The number of carbonyl (C=O) groups excluding carboxylic acids is 2. The van der Waals surface area contributed by atoms with Crippen LogP contribution in [0.15, 0.2) is 29.2 Å². The molecule has 1 aromatic rings. The molecule has 2 saturated heterocycles.